The van der Waals surface area contributed by atoms with Crippen LogP contribution in [0.25, 0.3) is 0 Å². The van der Waals surface area contributed by atoms with Crippen LogP contribution in [0.2, 0.25) is 0 Å². The second-order valence-electron chi connectivity index (χ2n) is 4.10. The fraction of sp³-hybridized carbons (Fsp3) is 0.700. The molecule has 6 heteroatoms. The molecule has 0 radical (unpaired) electrons. The predicted molar refractivity (Wildman–Crippen MR) is 63.9 cm³/mol. The van der Waals surface area contributed by atoms with E-state index < -0.39 is 9.84 Å². The number of nitrogens with one attached hydrogen (secondary N) is 2. The fourth-order valence-corrected chi connectivity index (χ4v) is 2.71. The Morgan fingerprint density at radius 3 is 2.69 bits per heavy atom. The molecule has 5 nitrogen and oxygen atoms in total. The van der Waals surface area contributed by atoms with E-state index in [4.69, 9.17) is 0 Å². The van der Waals surface area contributed by atoms with E-state index in [9.17, 15) is 8.42 Å². The van der Waals surface area contributed by atoms with Crippen LogP contribution in [0.5, 0.6) is 0 Å². The number of hydrogen-bond donors (Lipinski definition) is 2. The molecule has 2 atom stereocenters. The van der Waals surface area contributed by atoms with Gasteiger partial charge in [0.05, 0.1) is 11.8 Å². The molecule has 1 heterocycles. The van der Waals surface area contributed by atoms with Gasteiger partial charge in [-0.25, -0.2) is 13.4 Å². The van der Waals surface area contributed by atoms with Crippen LogP contribution in [0.1, 0.15) is 32.1 Å². The Bertz CT molecular complexity index is 400. The summed E-state index contributed by atoms with van der Waals surface area (Å²) < 4.78 is 22.3. The molecule has 16 heavy (non-hydrogen) atoms. The average Bonchev–Trinajstić information content (AvgIpc) is 2.63. The van der Waals surface area contributed by atoms with Crippen LogP contribution in [0, 0.1) is 0 Å². The maximum atomic E-state index is 11.1. The highest BCUT2D eigenvalue weighted by molar-refractivity contribution is 7.90. The van der Waals surface area contributed by atoms with Gasteiger partial charge < -0.3 is 10.3 Å². The van der Waals surface area contributed by atoms with Gasteiger partial charge in [0.15, 0.2) is 0 Å². The van der Waals surface area contributed by atoms with Gasteiger partial charge in [-0.1, -0.05) is 6.92 Å². The highest BCUT2D eigenvalue weighted by Crippen LogP contribution is 2.12. The van der Waals surface area contributed by atoms with Gasteiger partial charge in [-0.15, -0.1) is 0 Å². The maximum absolute atomic E-state index is 11.1. The van der Waals surface area contributed by atoms with Gasteiger partial charge >= 0.3 is 0 Å². The van der Waals surface area contributed by atoms with Crippen molar-refractivity contribution >= 4 is 9.84 Å². The van der Waals surface area contributed by atoms with Crippen LogP contribution in [0.3, 0.4) is 0 Å². The van der Waals surface area contributed by atoms with Gasteiger partial charge in [-0.2, -0.15) is 0 Å². The molecule has 0 aliphatic rings. The predicted octanol–water partition coefficient (Wildman–Crippen LogP) is 0.883. The summed E-state index contributed by atoms with van der Waals surface area (Å²) in [7, 11) is -2.94. The fourth-order valence-electron chi connectivity index (χ4n) is 1.70. The number of H-pyrrole nitrogens is 1. The highest BCUT2D eigenvalue weighted by atomic mass is 32.2. The van der Waals surface area contributed by atoms with E-state index in [0.29, 0.717) is 0 Å². The average molecular weight is 245 g/mol. The van der Waals surface area contributed by atoms with Crippen molar-refractivity contribution in [3.63, 3.8) is 0 Å². The Labute approximate surface area is 96.6 Å². The second-order valence-corrected chi connectivity index (χ2v) is 6.28. The third-order valence-corrected chi connectivity index (χ3v) is 3.40. The molecule has 0 fully saturated rings. The molecule has 2 N–H and O–H groups in total. The van der Waals surface area contributed by atoms with Gasteiger partial charge in [0.25, 0.3) is 0 Å². The lowest BCUT2D eigenvalue weighted by Crippen LogP contribution is -2.35. The van der Waals surface area contributed by atoms with E-state index in [0.717, 1.165) is 12.2 Å². The number of imidazole rings is 1. The maximum Gasteiger partial charge on any atom is 0.148 e. The van der Waals surface area contributed by atoms with Gasteiger partial charge in [-0.3, -0.25) is 0 Å². The molecule has 0 aromatic carbocycles. The summed E-state index contributed by atoms with van der Waals surface area (Å²) in [6.07, 6.45) is 5.57. The summed E-state index contributed by atoms with van der Waals surface area (Å²) in [6, 6.07) is -0.00296. The van der Waals surface area contributed by atoms with E-state index >= 15 is 0 Å². The molecule has 0 bridgehead atoms. The molecule has 0 saturated heterocycles. The largest absolute Gasteiger partial charge is 0.347 e. The van der Waals surface area contributed by atoms with Gasteiger partial charge in [-0.05, 0) is 13.3 Å². The van der Waals surface area contributed by atoms with Crippen molar-refractivity contribution in [3.8, 4) is 0 Å². The first-order valence-electron chi connectivity index (χ1n) is 5.35. The Kier molecular flexibility index (Phi) is 4.49. The van der Waals surface area contributed by atoms with Crippen molar-refractivity contribution in [1.29, 1.82) is 0 Å². The zero-order valence-corrected chi connectivity index (χ0v) is 10.7. The Balaban J connectivity index is 2.58. The molecule has 0 aliphatic heterocycles. The number of aromatic nitrogens is 2. The van der Waals surface area contributed by atoms with Gasteiger partial charge in [0, 0.05) is 24.7 Å². The van der Waals surface area contributed by atoms with Crippen molar-refractivity contribution in [2.45, 2.75) is 32.4 Å². The van der Waals surface area contributed by atoms with Crippen LogP contribution in [-0.4, -0.2) is 36.4 Å². The van der Waals surface area contributed by atoms with Crippen LogP contribution in [0.15, 0.2) is 12.4 Å². The van der Waals surface area contributed by atoms with Crippen molar-refractivity contribution in [2.24, 2.45) is 0 Å². The van der Waals surface area contributed by atoms with Crippen molar-refractivity contribution < 1.29 is 8.42 Å². The van der Waals surface area contributed by atoms with E-state index in [-0.39, 0.29) is 17.8 Å². The molecule has 2 unspecified atom stereocenters. The Morgan fingerprint density at radius 1 is 1.56 bits per heavy atom. The smallest absolute Gasteiger partial charge is 0.148 e. The van der Waals surface area contributed by atoms with Gasteiger partial charge in [0.1, 0.15) is 15.7 Å². The summed E-state index contributed by atoms with van der Waals surface area (Å²) in [5.74, 6) is 0.993. The molecule has 1 aromatic rings. The molecule has 0 aliphatic carbocycles. The van der Waals surface area contributed by atoms with Crippen LogP contribution in [-0.2, 0) is 9.84 Å². The Morgan fingerprint density at radius 2 is 2.25 bits per heavy atom. The Hall–Kier alpha value is -0.880. The van der Waals surface area contributed by atoms with E-state index in [1.807, 2.05) is 13.8 Å². The zero-order valence-electron chi connectivity index (χ0n) is 9.90. The zero-order chi connectivity index (χ0) is 12.2. The third-order valence-electron chi connectivity index (χ3n) is 2.30. The molecule has 1 rings (SSSR count). The van der Waals surface area contributed by atoms with E-state index in [1.54, 1.807) is 12.4 Å². The second kappa shape index (κ2) is 5.45. The normalized spacial score (nSPS) is 15.9. The molecule has 0 spiro atoms. The SMILES string of the molecule is CCC(NC(C)CS(C)(=O)=O)c1ncc[nH]1. The van der Waals surface area contributed by atoms with Gasteiger partial charge in [0.2, 0.25) is 0 Å². The number of nitrogens with zero attached hydrogens (tertiary/aromatic N) is 1. The first-order valence-corrected chi connectivity index (χ1v) is 7.41. The topological polar surface area (TPSA) is 74.8 Å². The van der Waals surface area contributed by atoms with Crippen LogP contribution >= 0.6 is 0 Å². The summed E-state index contributed by atoms with van der Waals surface area (Å²) in [5, 5.41) is 3.25. The number of sulfone groups is 1. The highest BCUT2D eigenvalue weighted by Gasteiger charge is 2.17. The first kappa shape index (κ1) is 13.2. The monoisotopic (exact) mass is 245 g/mol. The standard InChI is InChI=1S/C10H19N3O2S/c1-4-9(10-11-5-6-12-10)13-8(2)7-16(3,14)15/h5-6,8-9,13H,4,7H2,1-3H3,(H,11,12). The summed E-state index contributed by atoms with van der Waals surface area (Å²) in [4.78, 5) is 7.20. The van der Waals surface area contributed by atoms with Crippen molar-refractivity contribution in [3.05, 3.63) is 18.2 Å². The lowest BCUT2D eigenvalue weighted by atomic mass is 10.2. The summed E-state index contributed by atoms with van der Waals surface area (Å²) >= 11 is 0. The molecule has 92 valence electrons. The lowest BCUT2D eigenvalue weighted by Gasteiger charge is -2.20. The molecule has 1 aromatic heterocycles. The number of aromatic amines is 1. The minimum atomic E-state index is -2.94. The minimum Gasteiger partial charge on any atom is -0.347 e. The van der Waals surface area contributed by atoms with Crippen molar-refractivity contribution in [1.82, 2.24) is 15.3 Å². The minimum absolute atomic E-state index is 0.0757. The van der Waals surface area contributed by atoms with Crippen LogP contribution in [0.4, 0.5) is 0 Å². The van der Waals surface area contributed by atoms with E-state index in [2.05, 4.69) is 15.3 Å². The molecular formula is C10H19N3O2S. The molecular weight excluding hydrogens is 226 g/mol. The number of hydrogen-bond acceptors (Lipinski definition) is 4. The molecule has 0 saturated carbocycles. The summed E-state index contributed by atoms with van der Waals surface area (Å²) in [6.45, 7) is 3.90. The van der Waals surface area contributed by atoms with Crippen LogP contribution < -0.4 is 5.32 Å². The summed E-state index contributed by atoms with van der Waals surface area (Å²) in [5.41, 5.74) is 0. The molecule has 0 amide bonds. The van der Waals surface area contributed by atoms with Crippen molar-refractivity contribution in [2.75, 3.05) is 12.0 Å². The lowest BCUT2D eigenvalue weighted by molar-refractivity contribution is 0.449. The first-order chi connectivity index (χ1) is 7.42. The third kappa shape index (κ3) is 4.32. The number of rotatable bonds is 6. The van der Waals surface area contributed by atoms with E-state index in [1.165, 1.54) is 6.26 Å². The quantitative estimate of drug-likeness (QED) is 0.780.